The highest BCUT2D eigenvalue weighted by Crippen LogP contribution is 2.28. The van der Waals surface area contributed by atoms with Gasteiger partial charge in [0, 0.05) is 0 Å². The number of sulfonamides is 1. The number of hydrogen-bond acceptors (Lipinski definition) is 5. The molecule has 1 aromatic carbocycles. The average Bonchev–Trinajstić information content (AvgIpc) is 2.34. The molecule has 0 amide bonds. The van der Waals surface area contributed by atoms with Crippen molar-refractivity contribution in [1.29, 1.82) is 10.5 Å². The Balaban J connectivity index is 3.47. The van der Waals surface area contributed by atoms with E-state index in [4.69, 9.17) is 16.3 Å². The number of nitriles is 2. The summed E-state index contributed by atoms with van der Waals surface area (Å²) < 4.78 is 25.7. The summed E-state index contributed by atoms with van der Waals surface area (Å²) in [6.45, 7) is 2.55. The Kier molecular flexibility index (Phi) is 4.49. The maximum absolute atomic E-state index is 12.4. The third kappa shape index (κ3) is 2.84. The summed E-state index contributed by atoms with van der Waals surface area (Å²) >= 11 is 0. The molecule has 0 unspecified atom stereocenters. The van der Waals surface area contributed by atoms with Crippen molar-refractivity contribution in [3.8, 4) is 12.1 Å². The molecular formula is C12H14N4O2S. The van der Waals surface area contributed by atoms with Crippen LogP contribution in [0.1, 0.15) is 11.1 Å². The zero-order valence-corrected chi connectivity index (χ0v) is 11.5. The summed E-state index contributed by atoms with van der Waals surface area (Å²) in [4.78, 5) is -0.0296. The first-order valence-corrected chi connectivity index (χ1v) is 6.90. The highest BCUT2D eigenvalue weighted by Gasteiger charge is 2.28. The second-order valence-electron chi connectivity index (χ2n) is 4.03. The second kappa shape index (κ2) is 5.70. The highest BCUT2D eigenvalue weighted by molar-refractivity contribution is 7.89. The molecule has 19 heavy (non-hydrogen) atoms. The largest absolute Gasteiger partial charge is 0.397 e. The second-order valence-corrected chi connectivity index (χ2v) is 5.91. The predicted octanol–water partition coefficient (Wildman–Crippen LogP) is 0.924. The number of hydrogen-bond donors (Lipinski definition) is 1. The number of anilines is 1. The number of rotatable bonds is 4. The van der Waals surface area contributed by atoms with E-state index in [0.717, 1.165) is 4.31 Å². The standard InChI is InChI=1S/C12H14N4O2S/c1-9-3-4-10(2)12(11(9)15)19(17,18)16(7-5-13)8-6-14/h3-4H,7-8,15H2,1-2H3. The minimum atomic E-state index is -3.95. The molecule has 100 valence electrons. The van der Waals surface area contributed by atoms with Crippen LogP contribution in [0.5, 0.6) is 0 Å². The van der Waals surface area contributed by atoms with Crippen LogP contribution in [-0.2, 0) is 10.0 Å². The predicted molar refractivity (Wildman–Crippen MR) is 70.3 cm³/mol. The SMILES string of the molecule is Cc1ccc(C)c(S(=O)(=O)N(CC#N)CC#N)c1N. The van der Waals surface area contributed by atoms with Crippen LogP contribution in [0.25, 0.3) is 0 Å². The van der Waals surface area contributed by atoms with Gasteiger partial charge < -0.3 is 5.73 Å². The molecule has 0 aliphatic rings. The van der Waals surface area contributed by atoms with E-state index in [0.29, 0.717) is 11.1 Å². The average molecular weight is 278 g/mol. The minimum absolute atomic E-state index is 0.0296. The van der Waals surface area contributed by atoms with Crippen LogP contribution in [0.2, 0.25) is 0 Å². The van der Waals surface area contributed by atoms with E-state index >= 15 is 0 Å². The van der Waals surface area contributed by atoms with Crippen LogP contribution < -0.4 is 5.73 Å². The molecule has 0 spiro atoms. The van der Waals surface area contributed by atoms with Gasteiger partial charge in [-0.2, -0.15) is 14.8 Å². The lowest BCUT2D eigenvalue weighted by Gasteiger charge is -2.19. The van der Waals surface area contributed by atoms with E-state index in [2.05, 4.69) is 0 Å². The van der Waals surface area contributed by atoms with Gasteiger partial charge in [-0.25, -0.2) is 8.42 Å². The summed E-state index contributed by atoms with van der Waals surface area (Å²) in [6.07, 6.45) is 0. The van der Waals surface area contributed by atoms with Crippen molar-refractivity contribution in [2.24, 2.45) is 0 Å². The van der Waals surface area contributed by atoms with Crippen molar-refractivity contribution in [3.05, 3.63) is 23.3 Å². The zero-order valence-electron chi connectivity index (χ0n) is 10.7. The maximum atomic E-state index is 12.4. The van der Waals surface area contributed by atoms with Gasteiger partial charge in [-0.05, 0) is 25.0 Å². The highest BCUT2D eigenvalue weighted by atomic mass is 32.2. The monoisotopic (exact) mass is 278 g/mol. The molecule has 1 aromatic rings. The molecule has 0 saturated carbocycles. The van der Waals surface area contributed by atoms with Crippen molar-refractivity contribution in [3.63, 3.8) is 0 Å². The van der Waals surface area contributed by atoms with Gasteiger partial charge in [-0.3, -0.25) is 0 Å². The first-order valence-electron chi connectivity index (χ1n) is 5.46. The normalized spacial score (nSPS) is 11.0. The van der Waals surface area contributed by atoms with Crippen LogP contribution in [-0.4, -0.2) is 25.8 Å². The first-order chi connectivity index (χ1) is 8.86. The molecule has 6 nitrogen and oxygen atoms in total. The van der Waals surface area contributed by atoms with E-state index in [-0.39, 0.29) is 23.7 Å². The van der Waals surface area contributed by atoms with Crippen LogP contribution >= 0.6 is 0 Å². The van der Waals surface area contributed by atoms with Crippen LogP contribution in [0.3, 0.4) is 0 Å². The molecule has 0 aliphatic heterocycles. The third-order valence-electron chi connectivity index (χ3n) is 2.70. The van der Waals surface area contributed by atoms with Crippen LogP contribution in [0.15, 0.2) is 17.0 Å². The third-order valence-corrected chi connectivity index (χ3v) is 4.70. The lowest BCUT2D eigenvalue weighted by molar-refractivity contribution is 0.479. The Morgan fingerprint density at radius 3 is 2.11 bits per heavy atom. The van der Waals surface area contributed by atoms with Gasteiger partial charge >= 0.3 is 0 Å². The first kappa shape index (κ1) is 15.0. The van der Waals surface area contributed by atoms with Gasteiger partial charge in [0.2, 0.25) is 10.0 Å². The van der Waals surface area contributed by atoms with E-state index in [1.54, 1.807) is 38.1 Å². The van der Waals surface area contributed by atoms with Gasteiger partial charge in [0.05, 0.1) is 17.8 Å². The molecule has 0 saturated heterocycles. The molecular weight excluding hydrogens is 264 g/mol. The maximum Gasteiger partial charge on any atom is 0.247 e. The van der Waals surface area contributed by atoms with Gasteiger partial charge in [0.1, 0.15) is 18.0 Å². The number of nitrogen functional groups attached to an aromatic ring is 1. The Morgan fingerprint density at radius 1 is 1.16 bits per heavy atom. The van der Waals surface area contributed by atoms with Crippen molar-refractivity contribution in [2.45, 2.75) is 18.7 Å². The molecule has 0 fully saturated rings. The fourth-order valence-electron chi connectivity index (χ4n) is 1.66. The molecule has 7 heteroatoms. The molecule has 0 aliphatic carbocycles. The number of benzene rings is 1. The van der Waals surface area contributed by atoms with Crippen molar-refractivity contribution < 1.29 is 8.42 Å². The fraction of sp³-hybridized carbons (Fsp3) is 0.333. The Morgan fingerprint density at radius 2 is 1.63 bits per heavy atom. The van der Waals surface area contributed by atoms with E-state index < -0.39 is 10.0 Å². The summed E-state index contributed by atoms with van der Waals surface area (Å²) in [6, 6.07) is 6.85. The molecule has 2 N–H and O–H groups in total. The topological polar surface area (TPSA) is 111 Å². The zero-order chi connectivity index (χ0) is 14.6. The van der Waals surface area contributed by atoms with Crippen LogP contribution in [0, 0.1) is 36.5 Å². The van der Waals surface area contributed by atoms with Crippen molar-refractivity contribution in [1.82, 2.24) is 4.31 Å². The quantitative estimate of drug-likeness (QED) is 0.650. The van der Waals surface area contributed by atoms with Crippen LogP contribution in [0.4, 0.5) is 5.69 Å². The Hall–Kier alpha value is -2.09. The summed E-state index contributed by atoms with van der Waals surface area (Å²) in [5.74, 6) is 0. The van der Waals surface area contributed by atoms with E-state index in [9.17, 15) is 8.42 Å². The lowest BCUT2D eigenvalue weighted by Crippen LogP contribution is -2.33. The van der Waals surface area contributed by atoms with Crippen molar-refractivity contribution >= 4 is 15.7 Å². The number of nitrogens with zero attached hydrogens (tertiary/aromatic N) is 3. The molecule has 0 aromatic heterocycles. The van der Waals surface area contributed by atoms with Gasteiger partial charge in [-0.1, -0.05) is 12.1 Å². The van der Waals surface area contributed by atoms with E-state index in [1.165, 1.54) is 0 Å². The van der Waals surface area contributed by atoms with Gasteiger partial charge in [0.25, 0.3) is 0 Å². The minimum Gasteiger partial charge on any atom is -0.397 e. The van der Waals surface area contributed by atoms with E-state index in [1.807, 2.05) is 0 Å². The van der Waals surface area contributed by atoms with Gasteiger partial charge in [-0.15, -0.1) is 0 Å². The summed E-state index contributed by atoms with van der Waals surface area (Å²) in [5, 5.41) is 17.3. The Labute approximate surface area is 112 Å². The van der Waals surface area contributed by atoms with Crippen molar-refractivity contribution in [2.75, 3.05) is 18.8 Å². The fourth-order valence-corrected chi connectivity index (χ4v) is 3.29. The molecule has 0 heterocycles. The summed E-state index contributed by atoms with van der Waals surface area (Å²) in [7, 11) is -3.95. The molecule has 0 bridgehead atoms. The molecule has 0 atom stereocenters. The molecule has 0 radical (unpaired) electrons. The number of nitrogens with two attached hydrogens (primary N) is 1. The molecule has 1 rings (SSSR count). The smallest absolute Gasteiger partial charge is 0.247 e. The van der Waals surface area contributed by atoms with Gasteiger partial charge in [0.15, 0.2) is 0 Å². The number of aryl methyl sites for hydroxylation is 2. The summed E-state index contributed by atoms with van der Waals surface area (Å²) in [5.41, 5.74) is 7.11. The Bertz CT molecular complexity index is 652. The lowest BCUT2D eigenvalue weighted by atomic mass is 10.1.